The molecule has 0 saturated heterocycles. The summed E-state index contributed by atoms with van der Waals surface area (Å²) in [6.07, 6.45) is 29.8. The van der Waals surface area contributed by atoms with E-state index in [0.29, 0.717) is 22.0 Å². The van der Waals surface area contributed by atoms with Crippen LogP contribution in [0.5, 0.6) is 0 Å². The number of anilines is 2. The molecule has 0 bridgehead atoms. The zero-order chi connectivity index (χ0) is 25.0. The number of nitrogens with one attached hydrogen (secondary N) is 2. The first-order valence-corrected chi connectivity index (χ1v) is 16.3. The van der Waals surface area contributed by atoms with Gasteiger partial charge in [0, 0.05) is 60.6 Å². The molecule has 4 rings (SSSR count). The van der Waals surface area contributed by atoms with E-state index in [1.54, 1.807) is 0 Å². The average Bonchev–Trinajstić information content (AvgIpc) is 2.92. The minimum absolute atomic E-state index is 0.376. The van der Waals surface area contributed by atoms with Gasteiger partial charge in [-0.2, -0.15) is 9.13 Å². The van der Waals surface area contributed by atoms with E-state index in [9.17, 15) is 0 Å². The molecule has 2 aliphatic carbocycles. The van der Waals surface area contributed by atoms with Crippen LogP contribution in [0, 0.1) is 0 Å². The van der Waals surface area contributed by atoms with Crippen molar-refractivity contribution in [2.45, 2.75) is 125 Å². The third-order valence-electron chi connectivity index (χ3n) is 7.94. The van der Waals surface area contributed by atoms with Crippen LogP contribution in [0.2, 0.25) is 0 Å². The molecule has 4 nitrogen and oxygen atoms in total. The number of aromatic nitrogens is 2. The zero-order valence-corrected chi connectivity index (χ0v) is 25.1. The van der Waals surface area contributed by atoms with Crippen LogP contribution in [-0.4, -0.2) is 12.1 Å². The maximum atomic E-state index is 3.90. The Morgan fingerprint density at radius 3 is 1.31 bits per heavy atom. The monoisotopic (exact) mass is 620 g/mol. The van der Waals surface area contributed by atoms with Crippen LogP contribution < -0.4 is 19.8 Å². The van der Waals surface area contributed by atoms with Crippen LogP contribution in [0.4, 0.5) is 11.4 Å². The Balaban J connectivity index is 1.07. The normalized spacial score (nSPS) is 19.1. The summed E-state index contributed by atoms with van der Waals surface area (Å²) >= 11 is 7.79. The third kappa shape index (κ3) is 9.31. The van der Waals surface area contributed by atoms with Gasteiger partial charge in [-0.1, -0.05) is 51.4 Å². The van der Waals surface area contributed by atoms with Gasteiger partial charge in [0.1, 0.15) is 0 Å². The van der Waals surface area contributed by atoms with Gasteiger partial charge in [-0.05, 0) is 70.4 Å². The number of alkyl halides is 2. The van der Waals surface area contributed by atoms with Gasteiger partial charge in [-0.3, -0.25) is 0 Å². The molecule has 0 radical (unpaired) electrons. The second-order valence-corrected chi connectivity index (χ2v) is 13.0. The highest BCUT2D eigenvalue weighted by atomic mass is 79.9. The molecule has 198 valence electrons. The Bertz CT molecular complexity index is 788. The lowest BCUT2D eigenvalue weighted by Crippen LogP contribution is -2.35. The summed E-state index contributed by atoms with van der Waals surface area (Å²) in [4.78, 5) is 0.753. The van der Waals surface area contributed by atoms with Crippen molar-refractivity contribution in [1.82, 2.24) is 0 Å². The molecule has 0 aromatic carbocycles. The van der Waals surface area contributed by atoms with E-state index in [4.69, 9.17) is 0 Å². The van der Waals surface area contributed by atoms with Crippen molar-refractivity contribution < 1.29 is 9.13 Å². The highest BCUT2D eigenvalue weighted by molar-refractivity contribution is 9.09. The van der Waals surface area contributed by atoms with Crippen LogP contribution >= 0.6 is 31.9 Å². The van der Waals surface area contributed by atoms with E-state index >= 15 is 0 Å². The molecule has 2 N–H and O–H groups in total. The Hall–Kier alpha value is -1.14. The molecule has 2 aliphatic rings. The largest absolute Gasteiger partial charge is 0.382 e. The summed E-state index contributed by atoms with van der Waals surface area (Å²) in [6.45, 7) is 0. The van der Waals surface area contributed by atoms with E-state index in [1.165, 1.54) is 114 Å². The SMILES string of the molecule is BrC(CCCCCCC(Br)[n+]1ccc(NC2CCCCC2)cc1)[n+]1ccc(NC2CCCCC2)cc1. The van der Waals surface area contributed by atoms with Crippen molar-refractivity contribution >= 4 is 43.2 Å². The minimum Gasteiger partial charge on any atom is -0.382 e. The van der Waals surface area contributed by atoms with E-state index < -0.39 is 0 Å². The fourth-order valence-corrected chi connectivity index (χ4v) is 6.88. The molecular formula is C30H46Br2N4+2. The van der Waals surface area contributed by atoms with Crippen molar-refractivity contribution in [3.05, 3.63) is 49.1 Å². The van der Waals surface area contributed by atoms with Crippen LogP contribution in [0.15, 0.2) is 49.1 Å². The number of rotatable bonds is 13. The summed E-state index contributed by atoms with van der Waals surface area (Å²) in [6, 6.07) is 10.2. The first-order valence-electron chi connectivity index (χ1n) is 14.5. The maximum Gasteiger partial charge on any atom is 0.211 e. The van der Waals surface area contributed by atoms with Gasteiger partial charge in [0.05, 0.1) is 0 Å². The molecule has 2 heterocycles. The number of hydrogen-bond acceptors (Lipinski definition) is 2. The molecule has 2 atom stereocenters. The molecule has 2 aromatic rings. The topological polar surface area (TPSA) is 31.8 Å². The molecule has 0 spiro atoms. The molecule has 2 unspecified atom stereocenters. The number of halogens is 2. The Morgan fingerprint density at radius 1 is 0.583 bits per heavy atom. The van der Waals surface area contributed by atoms with Crippen molar-refractivity contribution in [1.29, 1.82) is 0 Å². The lowest BCUT2D eigenvalue weighted by molar-refractivity contribution is -0.698. The number of pyridine rings is 2. The van der Waals surface area contributed by atoms with Crippen LogP contribution in [-0.2, 0) is 0 Å². The van der Waals surface area contributed by atoms with E-state index in [-0.39, 0.29) is 0 Å². The Labute approximate surface area is 235 Å². The average molecular weight is 623 g/mol. The highest BCUT2D eigenvalue weighted by Crippen LogP contribution is 2.24. The fourth-order valence-electron chi connectivity index (χ4n) is 5.68. The van der Waals surface area contributed by atoms with Crippen LogP contribution in [0.3, 0.4) is 0 Å². The quantitative estimate of drug-likeness (QED) is 0.133. The molecule has 0 aliphatic heterocycles. The van der Waals surface area contributed by atoms with E-state index in [0.717, 1.165) is 0 Å². The summed E-state index contributed by atoms with van der Waals surface area (Å²) < 4.78 is 4.59. The number of unbranched alkanes of at least 4 members (excludes halogenated alkanes) is 3. The summed E-state index contributed by atoms with van der Waals surface area (Å²) in [5.74, 6) is 0. The molecule has 2 saturated carbocycles. The lowest BCUT2D eigenvalue weighted by atomic mass is 9.95. The van der Waals surface area contributed by atoms with Gasteiger partial charge in [0.15, 0.2) is 24.8 Å². The van der Waals surface area contributed by atoms with Crippen LogP contribution in [0.1, 0.15) is 113 Å². The summed E-state index contributed by atoms with van der Waals surface area (Å²) in [5.41, 5.74) is 2.52. The second-order valence-electron chi connectivity index (χ2n) is 10.9. The number of nitrogens with zero attached hydrogens (tertiary/aromatic N) is 2. The molecule has 2 aromatic heterocycles. The fraction of sp³-hybridized carbons (Fsp3) is 0.667. The number of hydrogen-bond donors (Lipinski definition) is 2. The molecule has 0 amide bonds. The first-order chi connectivity index (χ1) is 17.7. The molecule has 36 heavy (non-hydrogen) atoms. The smallest absolute Gasteiger partial charge is 0.211 e. The Kier molecular flexibility index (Phi) is 11.9. The molecule has 6 heteroatoms. The first kappa shape index (κ1) is 27.9. The Morgan fingerprint density at radius 2 is 0.944 bits per heavy atom. The third-order valence-corrected chi connectivity index (χ3v) is 9.80. The zero-order valence-electron chi connectivity index (χ0n) is 21.9. The minimum atomic E-state index is 0.376. The van der Waals surface area contributed by atoms with Crippen molar-refractivity contribution in [3.8, 4) is 0 Å². The van der Waals surface area contributed by atoms with Gasteiger partial charge in [0.2, 0.25) is 9.90 Å². The van der Waals surface area contributed by atoms with Gasteiger partial charge in [-0.15, -0.1) is 0 Å². The van der Waals surface area contributed by atoms with Gasteiger partial charge >= 0.3 is 0 Å². The van der Waals surface area contributed by atoms with Crippen molar-refractivity contribution in [2.75, 3.05) is 10.6 Å². The van der Waals surface area contributed by atoms with Crippen LogP contribution in [0.25, 0.3) is 0 Å². The lowest BCUT2D eigenvalue weighted by Gasteiger charge is -2.23. The second kappa shape index (κ2) is 15.3. The molecular weight excluding hydrogens is 576 g/mol. The maximum absolute atomic E-state index is 3.90. The predicted octanol–water partition coefficient (Wildman–Crippen LogP) is 8.58. The van der Waals surface area contributed by atoms with E-state index in [2.05, 4.69) is 101 Å². The van der Waals surface area contributed by atoms with E-state index in [1.807, 2.05) is 0 Å². The van der Waals surface area contributed by atoms with Gasteiger partial charge in [0.25, 0.3) is 0 Å². The van der Waals surface area contributed by atoms with Gasteiger partial charge in [-0.25, -0.2) is 0 Å². The predicted molar refractivity (Wildman–Crippen MR) is 158 cm³/mol. The standard InChI is InChI=1S/C30H44Br2N4/c31-29(35-21-17-27(18-22-35)33-25-11-5-3-6-12-25)15-9-1-2-10-16-30(32)36-23-19-28(20-24-36)34-26-13-7-4-8-14-26/h17-26,29-30H,1-16H2/p+2. The highest BCUT2D eigenvalue weighted by Gasteiger charge is 2.18. The van der Waals surface area contributed by atoms with Crippen molar-refractivity contribution in [3.63, 3.8) is 0 Å². The summed E-state index contributed by atoms with van der Waals surface area (Å²) in [5, 5.41) is 7.43. The van der Waals surface area contributed by atoms with Crippen molar-refractivity contribution in [2.24, 2.45) is 0 Å². The van der Waals surface area contributed by atoms with Gasteiger partial charge < -0.3 is 10.6 Å². The molecule has 2 fully saturated rings. The summed E-state index contributed by atoms with van der Waals surface area (Å²) in [7, 11) is 0.